The number of carbonyl (C=O) groups excluding carboxylic acids is 1. The van der Waals surface area contributed by atoms with E-state index in [4.69, 9.17) is 25.7 Å². The number of aromatic nitrogens is 2. The number of ether oxygens (including phenoxy) is 1. The average Bonchev–Trinajstić information content (AvgIpc) is 3.25. The molecule has 3 aromatic rings. The minimum atomic E-state index is -0.0547. The molecule has 2 aromatic heterocycles. The molecule has 7 nitrogen and oxygen atoms in total. The van der Waals surface area contributed by atoms with E-state index in [1.165, 1.54) is 0 Å². The van der Waals surface area contributed by atoms with Gasteiger partial charge in [0, 0.05) is 43.4 Å². The third-order valence-corrected chi connectivity index (χ3v) is 4.75. The molecule has 0 spiro atoms. The Balaban J connectivity index is 1.77. The molecule has 1 N–H and O–H groups in total. The van der Waals surface area contributed by atoms with E-state index < -0.39 is 0 Å². The molecule has 29 heavy (non-hydrogen) atoms. The summed E-state index contributed by atoms with van der Waals surface area (Å²) in [6.45, 7) is 4.02. The monoisotopic (exact) mass is 416 g/mol. The van der Waals surface area contributed by atoms with Gasteiger partial charge in [0.05, 0.1) is 24.9 Å². The highest BCUT2D eigenvalue weighted by Crippen LogP contribution is 2.27. The summed E-state index contributed by atoms with van der Waals surface area (Å²) in [5.74, 6) is 2.20. The molecule has 0 aliphatic heterocycles. The van der Waals surface area contributed by atoms with Gasteiger partial charge < -0.3 is 19.4 Å². The van der Waals surface area contributed by atoms with Crippen LogP contribution in [0.4, 0.5) is 5.82 Å². The minimum absolute atomic E-state index is 0.0547. The van der Waals surface area contributed by atoms with Crippen molar-refractivity contribution in [3.63, 3.8) is 0 Å². The molecular formula is C21H25ClN4O3. The number of furan rings is 1. The summed E-state index contributed by atoms with van der Waals surface area (Å²) >= 11 is 6.15. The normalized spacial score (nSPS) is 11.0. The maximum Gasteiger partial charge on any atom is 0.222 e. The molecule has 0 unspecified atom stereocenters. The SMILES string of the molecule is CCc1nc(N(CCOC)CCC(=O)NCc2ccco2)c2ccc(Cl)cc2n1. The number of hydrogen-bond acceptors (Lipinski definition) is 6. The topological polar surface area (TPSA) is 80.5 Å². The molecule has 0 saturated heterocycles. The van der Waals surface area contributed by atoms with Crippen molar-refractivity contribution >= 4 is 34.2 Å². The number of benzene rings is 1. The molecule has 0 radical (unpaired) electrons. The zero-order valence-electron chi connectivity index (χ0n) is 16.7. The maximum atomic E-state index is 12.3. The molecule has 0 fully saturated rings. The number of fused-ring (bicyclic) bond motifs is 1. The molecule has 154 valence electrons. The van der Waals surface area contributed by atoms with Crippen LogP contribution in [0.15, 0.2) is 41.0 Å². The second-order valence-electron chi connectivity index (χ2n) is 6.56. The lowest BCUT2D eigenvalue weighted by Gasteiger charge is -2.25. The Morgan fingerprint density at radius 2 is 2.14 bits per heavy atom. The van der Waals surface area contributed by atoms with Crippen LogP contribution >= 0.6 is 11.6 Å². The predicted molar refractivity (Wildman–Crippen MR) is 113 cm³/mol. The lowest BCUT2D eigenvalue weighted by molar-refractivity contribution is -0.121. The number of hydrogen-bond donors (Lipinski definition) is 1. The lowest BCUT2D eigenvalue weighted by atomic mass is 10.2. The van der Waals surface area contributed by atoms with Gasteiger partial charge >= 0.3 is 0 Å². The van der Waals surface area contributed by atoms with Gasteiger partial charge in [-0.15, -0.1) is 0 Å². The number of nitrogens with zero attached hydrogens (tertiary/aromatic N) is 3. The number of amides is 1. The molecule has 0 aliphatic carbocycles. The Morgan fingerprint density at radius 1 is 1.28 bits per heavy atom. The zero-order valence-corrected chi connectivity index (χ0v) is 17.4. The summed E-state index contributed by atoms with van der Waals surface area (Å²) < 4.78 is 10.5. The van der Waals surface area contributed by atoms with Crippen molar-refractivity contribution in [2.24, 2.45) is 0 Å². The maximum absolute atomic E-state index is 12.3. The molecule has 1 amide bonds. The van der Waals surface area contributed by atoms with E-state index in [-0.39, 0.29) is 5.91 Å². The number of halogens is 1. The van der Waals surface area contributed by atoms with Crippen molar-refractivity contribution in [2.45, 2.75) is 26.3 Å². The number of aryl methyl sites for hydroxylation is 1. The van der Waals surface area contributed by atoms with Crippen LogP contribution in [0.2, 0.25) is 5.02 Å². The molecule has 3 rings (SSSR count). The van der Waals surface area contributed by atoms with Crippen LogP contribution in [0, 0.1) is 0 Å². The van der Waals surface area contributed by atoms with Gasteiger partial charge in [-0.1, -0.05) is 18.5 Å². The molecule has 8 heteroatoms. The molecule has 0 saturated carbocycles. The summed E-state index contributed by atoms with van der Waals surface area (Å²) in [7, 11) is 1.66. The molecule has 0 aliphatic rings. The Morgan fingerprint density at radius 3 is 2.86 bits per heavy atom. The van der Waals surface area contributed by atoms with Crippen LogP contribution in [-0.2, 0) is 22.5 Å². The van der Waals surface area contributed by atoms with E-state index in [0.29, 0.717) is 44.1 Å². The van der Waals surface area contributed by atoms with E-state index in [0.717, 1.165) is 28.3 Å². The van der Waals surface area contributed by atoms with E-state index in [1.54, 1.807) is 19.4 Å². The van der Waals surface area contributed by atoms with Crippen LogP contribution in [-0.4, -0.2) is 42.7 Å². The van der Waals surface area contributed by atoms with Gasteiger partial charge in [0.1, 0.15) is 17.4 Å². The Kier molecular flexibility index (Phi) is 7.43. The summed E-state index contributed by atoms with van der Waals surface area (Å²) in [4.78, 5) is 23.7. The summed E-state index contributed by atoms with van der Waals surface area (Å²) in [5, 5.41) is 4.41. The first-order valence-corrected chi connectivity index (χ1v) is 9.97. The van der Waals surface area contributed by atoms with Crippen LogP contribution in [0.5, 0.6) is 0 Å². The third-order valence-electron chi connectivity index (χ3n) is 4.51. The van der Waals surface area contributed by atoms with Gasteiger partial charge in [0.2, 0.25) is 5.91 Å². The van der Waals surface area contributed by atoms with Crippen molar-refractivity contribution in [2.75, 3.05) is 31.7 Å². The minimum Gasteiger partial charge on any atom is -0.467 e. The van der Waals surface area contributed by atoms with E-state index >= 15 is 0 Å². The van der Waals surface area contributed by atoms with Crippen LogP contribution in [0.3, 0.4) is 0 Å². The molecule has 1 aromatic carbocycles. The second-order valence-corrected chi connectivity index (χ2v) is 7.00. The van der Waals surface area contributed by atoms with Gasteiger partial charge in [0.25, 0.3) is 0 Å². The fraction of sp³-hybridized carbons (Fsp3) is 0.381. The molecule has 0 atom stereocenters. The van der Waals surface area contributed by atoms with Crippen molar-refractivity contribution in [3.8, 4) is 0 Å². The standard InChI is InChI=1S/C21H25ClN4O3/c1-3-19-24-18-13-15(22)6-7-17(18)21(25-19)26(10-12-28-2)9-8-20(27)23-14-16-5-4-11-29-16/h4-7,11,13H,3,8-10,12,14H2,1-2H3,(H,23,27). The van der Waals surface area contributed by atoms with Crippen LogP contribution in [0.25, 0.3) is 10.9 Å². The molecule has 2 heterocycles. The summed E-state index contributed by atoms with van der Waals surface area (Å²) in [5.41, 5.74) is 0.795. The zero-order chi connectivity index (χ0) is 20.6. The number of methoxy groups -OCH3 is 1. The van der Waals surface area contributed by atoms with E-state index in [2.05, 4.69) is 15.2 Å². The highest BCUT2D eigenvalue weighted by molar-refractivity contribution is 6.31. The Bertz CT molecular complexity index is 947. The van der Waals surface area contributed by atoms with Gasteiger partial charge in [-0.25, -0.2) is 9.97 Å². The second kappa shape index (κ2) is 10.2. The van der Waals surface area contributed by atoms with E-state index in [1.807, 2.05) is 31.2 Å². The highest BCUT2D eigenvalue weighted by Gasteiger charge is 2.16. The van der Waals surface area contributed by atoms with Gasteiger partial charge in [-0.3, -0.25) is 4.79 Å². The van der Waals surface area contributed by atoms with Gasteiger partial charge in [0.15, 0.2) is 0 Å². The largest absolute Gasteiger partial charge is 0.467 e. The van der Waals surface area contributed by atoms with Crippen LogP contribution < -0.4 is 10.2 Å². The number of carbonyl (C=O) groups is 1. The fourth-order valence-corrected chi connectivity index (χ4v) is 3.15. The van der Waals surface area contributed by atoms with Crippen molar-refractivity contribution < 1.29 is 13.9 Å². The number of nitrogens with one attached hydrogen (secondary N) is 1. The van der Waals surface area contributed by atoms with Crippen molar-refractivity contribution in [3.05, 3.63) is 53.2 Å². The van der Waals surface area contributed by atoms with Gasteiger partial charge in [-0.2, -0.15) is 0 Å². The number of anilines is 1. The van der Waals surface area contributed by atoms with Crippen LogP contribution in [0.1, 0.15) is 24.9 Å². The van der Waals surface area contributed by atoms with Gasteiger partial charge in [-0.05, 0) is 30.3 Å². The van der Waals surface area contributed by atoms with E-state index in [9.17, 15) is 4.79 Å². The first kappa shape index (κ1) is 21.1. The molecular weight excluding hydrogens is 392 g/mol. The average molecular weight is 417 g/mol. The smallest absolute Gasteiger partial charge is 0.222 e. The first-order chi connectivity index (χ1) is 14.1. The highest BCUT2D eigenvalue weighted by atomic mass is 35.5. The van der Waals surface area contributed by atoms with Crippen molar-refractivity contribution in [1.29, 1.82) is 0 Å². The van der Waals surface area contributed by atoms with Crippen molar-refractivity contribution in [1.82, 2.24) is 15.3 Å². The quantitative estimate of drug-likeness (QED) is 0.544. The third kappa shape index (κ3) is 5.68. The predicted octanol–water partition coefficient (Wildman–Crippen LogP) is 3.60. The summed E-state index contributed by atoms with van der Waals surface area (Å²) in [6, 6.07) is 9.21. The number of rotatable bonds is 10. The lowest BCUT2D eigenvalue weighted by Crippen LogP contribution is -2.33. The first-order valence-electron chi connectivity index (χ1n) is 9.60. The summed E-state index contributed by atoms with van der Waals surface area (Å²) in [6.07, 6.45) is 2.62. The Hall–Kier alpha value is -2.64. The molecule has 0 bridgehead atoms. The fourth-order valence-electron chi connectivity index (χ4n) is 2.98. The Labute approximate surface area is 175 Å².